The van der Waals surface area contributed by atoms with Gasteiger partial charge in [0, 0.05) is 30.7 Å². The molecule has 0 fully saturated rings. The van der Waals surface area contributed by atoms with Gasteiger partial charge in [0.25, 0.3) is 15.9 Å². The third-order valence-corrected chi connectivity index (χ3v) is 6.56. The number of hydrogen-bond acceptors (Lipinski definition) is 5. The summed E-state index contributed by atoms with van der Waals surface area (Å²) in [5.41, 5.74) is 1.35. The molecule has 1 aromatic heterocycles. The highest BCUT2D eigenvalue weighted by molar-refractivity contribution is 7.92. The quantitative estimate of drug-likeness (QED) is 0.459. The monoisotopic (exact) mass is 487 g/mol. The van der Waals surface area contributed by atoms with Gasteiger partial charge in [0.2, 0.25) is 0 Å². The van der Waals surface area contributed by atoms with Gasteiger partial charge in [-0.15, -0.1) is 0 Å². The molecule has 0 atom stereocenters. The van der Waals surface area contributed by atoms with Crippen LogP contribution in [-0.4, -0.2) is 36.9 Å². The van der Waals surface area contributed by atoms with Crippen LogP contribution in [0.2, 0.25) is 5.02 Å². The number of carbonyl (C=O) groups is 1. The molecule has 1 N–H and O–H groups in total. The number of benzene rings is 2. The van der Waals surface area contributed by atoms with Gasteiger partial charge in [-0.1, -0.05) is 17.7 Å². The number of anilines is 1. The molecular formula is C24H26ClN3O4S. The van der Waals surface area contributed by atoms with Gasteiger partial charge in [0.15, 0.2) is 0 Å². The first-order chi connectivity index (χ1) is 15.7. The summed E-state index contributed by atoms with van der Waals surface area (Å²) < 4.78 is 33.8. The fourth-order valence-corrected chi connectivity index (χ4v) is 4.45. The number of ether oxygens (including phenoxy) is 1. The smallest absolute Gasteiger partial charge is 0.261 e. The summed E-state index contributed by atoms with van der Waals surface area (Å²) in [6.07, 6.45) is 3.35. The van der Waals surface area contributed by atoms with Gasteiger partial charge in [-0.25, -0.2) is 8.42 Å². The van der Waals surface area contributed by atoms with E-state index in [1.165, 1.54) is 18.2 Å². The first kappa shape index (κ1) is 24.5. The highest BCUT2D eigenvalue weighted by Crippen LogP contribution is 2.26. The summed E-state index contributed by atoms with van der Waals surface area (Å²) in [6.45, 7) is 6.47. The Morgan fingerprint density at radius 1 is 1.15 bits per heavy atom. The van der Waals surface area contributed by atoms with Gasteiger partial charge in [-0.2, -0.15) is 0 Å². The molecule has 0 aliphatic heterocycles. The molecule has 3 rings (SSSR count). The molecule has 2 aromatic carbocycles. The number of pyridine rings is 1. The maximum atomic E-state index is 13.3. The summed E-state index contributed by atoms with van der Waals surface area (Å²) in [5.74, 6) is 0.277. The van der Waals surface area contributed by atoms with Crippen molar-refractivity contribution in [3.8, 4) is 5.75 Å². The molecule has 0 unspecified atom stereocenters. The van der Waals surface area contributed by atoms with Gasteiger partial charge >= 0.3 is 0 Å². The van der Waals surface area contributed by atoms with Crippen LogP contribution in [0.1, 0.15) is 36.7 Å². The number of sulfonamides is 1. The standard InChI is InChI=1S/C24H26ClN3O4S/c1-4-32-20-9-7-19(8-10-20)27-33(30,31)21-11-12-23(25)22(14-21)24(29)28(17(2)3)16-18-6-5-13-26-15-18/h5-15,17,27H,4,16H2,1-3H3. The number of rotatable bonds is 9. The molecule has 1 heterocycles. The van der Waals surface area contributed by atoms with Crippen molar-refractivity contribution in [1.29, 1.82) is 0 Å². The minimum atomic E-state index is -3.95. The van der Waals surface area contributed by atoms with Crippen molar-refractivity contribution >= 4 is 33.2 Å². The van der Waals surface area contributed by atoms with Gasteiger partial charge in [-0.05, 0) is 74.9 Å². The minimum Gasteiger partial charge on any atom is -0.494 e. The second-order valence-corrected chi connectivity index (χ2v) is 9.68. The van der Waals surface area contributed by atoms with Crippen LogP contribution in [0.15, 0.2) is 71.9 Å². The van der Waals surface area contributed by atoms with Crippen molar-refractivity contribution in [2.45, 2.75) is 38.3 Å². The third-order valence-electron chi connectivity index (χ3n) is 4.86. The Bertz CT molecular complexity index is 1200. The molecule has 0 aliphatic carbocycles. The molecule has 0 bridgehead atoms. The summed E-state index contributed by atoms with van der Waals surface area (Å²) in [4.78, 5) is 19.0. The fourth-order valence-electron chi connectivity index (χ4n) is 3.17. The lowest BCUT2D eigenvalue weighted by molar-refractivity contribution is 0.0690. The fraction of sp³-hybridized carbons (Fsp3) is 0.250. The minimum absolute atomic E-state index is 0.0609. The highest BCUT2D eigenvalue weighted by atomic mass is 35.5. The van der Waals surface area contributed by atoms with E-state index in [0.717, 1.165) is 5.56 Å². The Labute approximate surface area is 199 Å². The van der Waals surface area contributed by atoms with E-state index in [1.807, 2.05) is 26.8 Å². The number of halogens is 1. The second-order valence-electron chi connectivity index (χ2n) is 7.59. The van der Waals surface area contributed by atoms with E-state index in [4.69, 9.17) is 16.3 Å². The Morgan fingerprint density at radius 2 is 1.88 bits per heavy atom. The van der Waals surface area contributed by atoms with E-state index < -0.39 is 10.0 Å². The van der Waals surface area contributed by atoms with Crippen molar-refractivity contribution < 1.29 is 17.9 Å². The van der Waals surface area contributed by atoms with Gasteiger partial charge in [0.1, 0.15) is 5.75 Å². The zero-order valence-corrected chi connectivity index (χ0v) is 20.2. The molecular weight excluding hydrogens is 462 g/mol. The predicted molar refractivity (Wildman–Crippen MR) is 129 cm³/mol. The van der Waals surface area contributed by atoms with Crippen LogP contribution in [0.3, 0.4) is 0 Å². The van der Waals surface area contributed by atoms with E-state index in [-0.39, 0.29) is 27.4 Å². The molecule has 0 saturated carbocycles. The number of nitrogens with one attached hydrogen (secondary N) is 1. The lowest BCUT2D eigenvalue weighted by atomic mass is 10.1. The topological polar surface area (TPSA) is 88.6 Å². The van der Waals surface area contributed by atoms with E-state index in [0.29, 0.717) is 24.6 Å². The number of amides is 1. The first-order valence-corrected chi connectivity index (χ1v) is 12.3. The Hall–Kier alpha value is -3.10. The van der Waals surface area contributed by atoms with Gasteiger partial charge in [0.05, 0.1) is 22.1 Å². The zero-order valence-electron chi connectivity index (χ0n) is 18.7. The van der Waals surface area contributed by atoms with Crippen LogP contribution in [-0.2, 0) is 16.6 Å². The summed E-state index contributed by atoms with van der Waals surface area (Å²) >= 11 is 6.31. The first-order valence-electron chi connectivity index (χ1n) is 10.5. The van der Waals surface area contributed by atoms with Gasteiger partial charge < -0.3 is 9.64 Å². The summed E-state index contributed by atoms with van der Waals surface area (Å²) in [7, 11) is -3.95. The molecule has 7 nitrogen and oxygen atoms in total. The molecule has 174 valence electrons. The van der Waals surface area contributed by atoms with Crippen LogP contribution in [0.4, 0.5) is 5.69 Å². The van der Waals surface area contributed by atoms with E-state index in [9.17, 15) is 13.2 Å². The van der Waals surface area contributed by atoms with Crippen LogP contribution >= 0.6 is 11.6 Å². The van der Waals surface area contributed by atoms with Crippen molar-refractivity contribution in [1.82, 2.24) is 9.88 Å². The number of hydrogen-bond donors (Lipinski definition) is 1. The molecule has 0 spiro atoms. The summed E-state index contributed by atoms with van der Waals surface area (Å²) in [6, 6.07) is 14.2. The molecule has 3 aromatic rings. The molecule has 0 radical (unpaired) electrons. The van der Waals surface area contributed by atoms with Crippen molar-refractivity contribution in [2.24, 2.45) is 0 Å². The Balaban J connectivity index is 1.87. The normalized spacial score (nSPS) is 11.3. The predicted octanol–water partition coefficient (Wildman–Crippen LogP) is 4.99. The average molecular weight is 488 g/mol. The largest absolute Gasteiger partial charge is 0.494 e. The second kappa shape index (κ2) is 10.7. The molecule has 0 aliphatic rings. The Morgan fingerprint density at radius 3 is 2.48 bits per heavy atom. The molecule has 1 amide bonds. The lowest BCUT2D eigenvalue weighted by Gasteiger charge is -2.27. The van der Waals surface area contributed by atoms with Crippen molar-refractivity contribution in [3.05, 3.63) is 83.1 Å². The van der Waals surface area contributed by atoms with Crippen LogP contribution in [0.25, 0.3) is 0 Å². The molecule has 0 saturated heterocycles. The summed E-state index contributed by atoms with van der Waals surface area (Å²) in [5, 5.41) is 0.178. The van der Waals surface area contributed by atoms with E-state index in [2.05, 4.69) is 9.71 Å². The SMILES string of the molecule is CCOc1ccc(NS(=O)(=O)c2ccc(Cl)c(C(=O)N(Cc3cccnc3)C(C)C)c2)cc1. The Kier molecular flexibility index (Phi) is 7.94. The maximum absolute atomic E-state index is 13.3. The van der Waals surface area contributed by atoms with Crippen molar-refractivity contribution in [3.63, 3.8) is 0 Å². The number of nitrogens with zero attached hydrogens (tertiary/aromatic N) is 2. The van der Waals surface area contributed by atoms with Crippen LogP contribution in [0.5, 0.6) is 5.75 Å². The number of carbonyl (C=O) groups excluding carboxylic acids is 1. The average Bonchev–Trinajstić information content (AvgIpc) is 2.79. The zero-order chi connectivity index (χ0) is 24.0. The highest BCUT2D eigenvalue weighted by Gasteiger charge is 2.24. The van der Waals surface area contributed by atoms with Gasteiger partial charge in [-0.3, -0.25) is 14.5 Å². The molecule has 9 heteroatoms. The number of aromatic nitrogens is 1. The van der Waals surface area contributed by atoms with Crippen LogP contribution in [0, 0.1) is 0 Å². The van der Waals surface area contributed by atoms with Crippen LogP contribution < -0.4 is 9.46 Å². The lowest BCUT2D eigenvalue weighted by Crippen LogP contribution is -2.36. The maximum Gasteiger partial charge on any atom is 0.261 e. The molecule has 33 heavy (non-hydrogen) atoms. The van der Waals surface area contributed by atoms with Crippen molar-refractivity contribution in [2.75, 3.05) is 11.3 Å². The van der Waals surface area contributed by atoms with E-state index >= 15 is 0 Å². The third kappa shape index (κ3) is 6.24. The van der Waals surface area contributed by atoms with E-state index in [1.54, 1.807) is 47.6 Å².